The Balaban J connectivity index is 0.871. The van der Waals surface area contributed by atoms with Gasteiger partial charge < -0.3 is 4.90 Å². The van der Waals surface area contributed by atoms with Gasteiger partial charge in [0.1, 0.15) is 0 Å². The molecule has 0 aromatic heterocycles. The van der Waals surface area contributed by atoms with Crippen LogP contribution in [-0.2, 0) is 10.8 Å². The Morgan fingerprint density at radius 2 is 0.631 bits per heavy atom. The van der Waals surface area contributed by atoms with Crippen LogP contribution in [0.3, 0.4) is 0 Å². The van der Waals surface area contributed by atoms with Crippen LogP contribution in [-0.4, -0.2) is 0 Å². The molecule has 0 heterocycles. The van der Waals surface area contributed by atoms with Crippen LogP contribution in [0.15, 0.2) is 224 Å². The molecule has 0 aliphatic heterocycles. The maximum Gasteiger partial charge on any atom is 0.0465 e. The number of anilines is 3. The van der Waals surface area contributed by atoms with Crippen LogP contribution in [0.5, 0.6) is 0 Å². The third-order valence-electron chi connectivity index (χ3n) is 14.5. The van der Waals surface area contributed by atoms with E-state index in [1.165, 1.54) is 99.8 Å². The summed E-state index contributed by atoms with van der Waals surface area (Å²) in [5, 5.41) is 2.52. The van der Waals surface area contributed by atoms with Gasteiger partial charge in [0.05, 0.1) is 0 Å². The lowest BCUT2D eigenvalue weighted by atomic mass is 9.81. The van der Waals surface area contributed by atoms with Crippen molar-refractivity contribution >= 4 is 27.8 Å². The molecule has 0 atom stereocenters. The Morgan fingerprint density at radius 3 is 1.23 bits per heavy atom. The van der Waals surface area contributed by atoms with Gasteiger partial charge in [-0.1, -0.05) is 198 Å². The van der Waals surface area contributed by atoms with Gasteiger partial charge in [-0.3, -0.25) is 0 Å². The van der Waals surface area contributed by atoms with Crippen LogP contribution < -0.4 is 4.90 Å². The molecular weight excluding hydrogens is 783 g/mol. The summed E-state index contributed by atoms with van der Waals surface area (Å²) in [7, 11) is 0. The fraction of sp³-hybridized carbons (Fsp3) is 0.0938. The monoisotopic (exact) mass is 831 g/mol. The summed E-state index contributed by atoms with van der Waals surface area (Å²) < 4.78 is 0. The first kappa shape index (κ1) is 38.9. The van der Waals surface area contributed by atoms with Crippen LogP contribution in [0.1, 0.15) is 49.9 Å². The molecule has 0 N–H and O–H groups in total. The van der Waals surface area contributed by atoms with Crippen molar-refractivity contribution in [3.05, 3.63) is 247 Å². The molecule has 0 amide bonds. The van der Waals surface area contributed by atoms with Crippen molar-refractivity contribution in [2.45, 2.75) is 38.5 Å². The summed E-state index contributed by atoms with van der Waals surface area (Å²) in [4.78, 5) is 2.42. The van der Waals surface area contributed by atoms with Crippen LogP contribution in [0.25, 0.3) is 77.5 Å². The molecule has 12 rings (SSSR count). The summed E-state index contributed by atoms with van der Waals surface area (Å²) >= 11 is 0. The average Bonchev–Trinajstić information content (AvgIpc) is 3.73. The second kappa shape index (κ2) is 14.9. The smallest absolute Gasteiger partial charge is 0.0465 e. The molecule has 2 aliphatic rings. The molecule has 0 radical (unpaired) electrons. The van der Waals surface area contributed by atoms with E-state index in [1.807, 2.05) is 0 Å². The largest absolute Gasteiger partial charge is 0.310 e. The van der Waals surface area contributed by atoms with Gasteiger partial charge >= 0.3 is 0 Å². The first-order valence-electron chi connectivity index (χ1n) is 22.9. The predicted octanol–water partition coefficient (Wildman–Crippen LogP) is 17.6. The number of benzene rings is 10. The summed E-state index contributed by atoms with van der Waals surface area (Å²) in [6.07, 6.45) is 0. The van der Waals surface area contributed by atoms with Gasteiger partial charge in [0.15, 0.2) is 0 Å². The Hall–Kier alpha value is -7.74. The van der Waals surface area contributed by atoms with E-state index in [2.05, 4.69) is 257 Å². The van der Waals surface area contributed by atoms with Gasteiger partial charge in [-0.15, -0.1) is 0 Å². The molecule has 0 fully saturated rings. The van der Waals surface area contributed by atoms with Crippen LogP contribution in [0, 0.1) is 0 Å². The lowest BCUT2D eigenvalue weighted by Gasteiger charge is -2.28. The van der Waals surface area contributed by atoms with E-state index in [1.54, 1.807) is 0 Å². The van der Waals surface area contributed by atoms with Crippen molar-refractivity contribution in [3.63, 3.8) is 0 Å². The van der Waals surface area contributed by atoms with Gasteiger partial charge in [-0.05, 0) is 154 Å². The third kappa shape index (κ3) is 6.45. The topological polar surface area (TPSA) is 3.24 Å². The lowest BCUT2D eigenvalue weighted by molar-refractivity contribution is 0.660. The highest BCUT2D eigenvalue weighted by Crippen LogP contribution is 2.52. The standard InChI is InChI=1S/C64H49N/c1-63(2)59-18-9-7-16-55(59)57-36-30-51(40-61(57)63)46-28-33-53(34-29-46)65(54-35-37-58-56-17-8-10-19-60(56)64(3,4)62(58)41-54)52-31-26-44(27-32-52)43-20-22-45(23-21-43)48-14-11-15-49(38-48)50-25-24-42-12-5-6-13-47(42)39-50/h5-41H,1-4H3. The first-order chi connectivity index (χ1) is 31.7. The van der Waals surface area contributed by atoms with E-state index in [0.717, 1.165) is 17.1 Å². The number of rotatable bonds is 7. The normalized spacial score (nSPS) is 13.8. The molecular formula is C64H49N. The molecule has 0 saturated carbocycles. The van der Waals surface area contributed by atoms with E-state index in [-0.39, 0.29) is 10.8 Å². The maximum atomic E-state index is 2.42. The summed E-state index contributed by atoms with van der Waals surface area (Å²) in [5.41, 5.74) is 23.9. The summed E-state index contributed by atoms with van der Waals surface area (Å²) in [6.45, 7) is 9.43. The third-order valence-corrected chi connectivity index (χ3v) is 14.5. The van der Waals surface area contributed by atoms with Gasteiger partial charge in [0.2, 0.25) is 0 Å². The van der Waals surface area contributed by atoms with Gasteiger partial charge in [-0.25, -0.2) is 0 Å². The minimum Gasteiger partial charge on any atom is -0.310 e. The van der Waals surface area contributed by atoms with E-state index in [0.29, 0.717) is 0 Å². The Labute approximate surface area is 383 Å². The molecule has 0 spiro atoms. The molecule has 10 aromatic rings. The average molecular weight is 832 g/mol. The van der Waals surface area contributed by atoms with Crippen LogP contribution >= 0.6 is 0 Å². The SMILES string of the molecule is CC1(C)c2ccccc2-c2ccc(-c3ccc(N(c4ccc(-c5ccc(-c6cccc(-c7ccc8ccccc8c7)c6)cc5)cc4)c4ccc5c(c4)C(C)(C)c4ccccc4-5)cc3)cc21. The molecule has 0 unspecified atom stereocenters. The lowest BCUT2D eigenvalue weighted by Crippen LogP contribution is -2.16. The minimum atomic E-state index is -0.105. The molecule has 1 nitrogen and oxygen atoms in total. The number of hydrogen-bond acceptors (Lipinski definition) is 1. The highest BCUT2D eigenvalue weighted by molar-refractivity contribution is 5.90. The fourth-order valence-electron chi connectivity index (χ4n) is 10.9. The van der Waals surface area contributed by atoms with Crippen LogP contribution in [0.2, 0.25) is 0 Å². The number of fused-ring (bicyclic) bond motifs is 7. The molecule has 65 heavy (non-hydrogen) atoms. The highest BCUT2D eigenvalue weighted by Gasteiger charge is 2.37. The summed E-state index contributed by atoms with van der Waals surface area (Å²) in [5.74, 6) is 0. The molecule has 0 bridgehead atoms. The van der Waals surface area contributed by atoms with E-state index in [4.69, 9.17) is 0 Å². The fourth-order valence-corrected chi connectivity index (χ4v) is 10.9. The molecule has 10 aromatic carbocycles. The van der Waals surface area contributed by atoms with E-state index in [9.17, 15) is 0 Å². The van der Waals surface area contributed by atoms with Crippen molar-refractivity contribution in [3.8, 4) is 66.8 Å². The highest BCUT2D eigenvalue weighted by atomic mass is 15.1. The zero-order chi connectivity index (χ0) is 43.9. The number of nitrogens with zero attached hydrogens (tertiary/aromatic N) is 1. The second-order valence-electron chi connectivity index (χ2n) is 19.0. The molecule has 310 valence electrons. The Morgan fingerprint density at radius 1 is 0.246 bits per heavy atom. The maximum absolute atomic E-state index is 2.42. The molecule has 2 aliphatic carbocycles. The van der Waals surface area contributed by atoms with E-state index >= 15 is 0 Å². The number of hydrogen-bond donors (Lipinski definition) is 0. The zero-order valence-electron chi connectivity index (χ0n) is 37.3. The summed E-state index contributed by atoms with van der Waals surface area (Å²) in [6, 6.07) is 83.3. The Kier molecular flexibility index (Phi) is 8.94. The quantitative estimate of drug-likeness (QED) is 0.155. The Bertz CT molecular complexity index is 3460. The van der Waals surface area contributed by atoms with Gasteiger partial charge in [-0.2, -0.15) is 0 Å². The van der Waals surface area contributed by atoms with Crippen molar-refractivity contribution in [1.82, 2.24) is 0 Å². The van der Waals surface area contributed by atoms with Gasteiger partial charge in [0, 0.05) is 27.9 Å². The van der Waals surface area contributed by atoms with Crippen LogP contribution in [0.4, 0.5) is 17.1 Å². The predicted molar refractivity (Wildman–Crippen MR) is 276 cm³/mol. The van der Waals surface area contributed by atoms with Gasteiger partial charge in [0.25, 0.3) is 0 Å². The van der Waals surface area contributed by atoms with Crippen molar-refractivity contribution in [2.75, 3.05) is 4.90 Å². The minimum absolute atomic E-state index is 0.0429. The van der Waals surface area contributed by atoms with Crippen molar-refractivity contribution < 1.29 is 0 Å². The van der Waals surface area contributed by atoms with Crippen molar-refractivity contribution in [1.29, 1.82) is 0 Å². The zero-order valence-corrected chi connectivity index (χ0v) is 37.3. The first-order valence-corrected chi connectivity index (χ1v) is 22.9. The molecule has 1 heteroatoms. The second-order valence-corrected chi connectivity index (χ2v) is 19.0. The molecule has 0 saturated heterocycles. The van der Waals surface area contributed by atoms with E-state index < -0.39 is 0 Å². The van der Waals surface area contributed by atoms with Crippen molar-refractivity contribution in [2.24, 2.45) is 0 Å².